The third-order valence-corrected chi connectivity index (χ3v) is 3.45. The van der Waals surface area contributed by atoms with Gasteiger partial charge in [-0.1, -0.05) is 5.92 Å². The largest absolute Gasteiger partial charge is 0.465 e. The lowest BCUT2D eigenvalue weighted by atomic mass is 10.1. The van der Waals surface area contributed by atoms with Gasteiger partial charge in [-0.05, 0) is 25.7 Å². The van der Waals surface area contributed by atoms with Gasteiger partial charge in [0.05, 0.1) is 11.9 Å². The van der Waals surface area contributed by atoms with E-state index in [9.17, 15) is 4.79 Å². The van der Waals surface area contributed by atoms with Gasteiger partial charge in [-0.15, -0.1) is 18.2 Å². The summed E-state index contributed by atoms with van der Waals surface area (Å²) in [4.78, 5) is 11.4. The third-order valence-electron chi connectivity index (χ3n) is 2.62. The number of thioether (sulfide) groups is 1. The molecule has 1 aliphatic rings. The Bertz CT molecular complexity index is 254. The number of carbonyl (C=O) groups is 1. The van der Waals surface area contributed by atoms with Gasteiger partial charge < -0.3 is 9.47 Å². The first-order valence-electron chi connectivity index (χ1n) is 6.11. The van der Waals surface area contributed by atoms with Crippen molar-refractivity contribution in [2.45, 2.75) is 38.2 Å². The predicted octanol–water partition coefficient (Wildman–Crippen LogP) is 2.25. The lowest BCUT2D eigenvalue weighted by Crippen LogP contribution is -2.20. The second-order valence-corrected chi connectivity index (χ2v) is 5.11. The van der Waals surface area contributed by atoms with Crippen LogP contribution in [0.1, 0.15) is 32.1 Å². The Balaban J connectivity index is 1.95. The van der Waals surface area contributed by atoms with Crippen LogP contribution in [0.25, 0.3) is 0 Å². The van der Waals surface area contributed by atoms with Crippen LogP contribution in [-0.2, 0) is 14.3 Å². The second kappa shape index (κ2) is 9.38. The number of carbonyl (C=O) groups excluding carboxylic acids is 1. The Morgan fingerprint density at radius 3 is 3.12 bits per heavy atom. The molecule has 0 saturated carbocycles. The van der Waals surface area contributed by atoms with Crippen LogP contribution >= 0.6 is 11.8 Å². The zero-order valence-corrected chi connectivity index (χ0v) is 11.0. The quantitative estimate of drug-likeness (QED) is 0.397. The fourth-order valence-electron chi connectivity index (χ4n) is 1.73. The Labute approximate surface area is 108 Å². The molecule has 1 heterocycles. The van der Waals surface area contributed by atoms with Crippen LogP contribution in [0.5, 0.6) is 0 Å². The van der Waals surface area contributed by atoms with Gasteiger partial charge in [0, 0.05) is 18.8 Å². The maximum atomic E-state index is 11.4. The van der Waals surface area contributed by atoms with E-state index in [0.29, 0.717) is 18.8 Å². The molecule has 1 fully saturated rings. The van der Waals surface area contributed by atoms with Crippen LogP contribution in [0, 0.1) is 12.3 Å². The molecule has 0 aromatic rings. The van der Waals surface area contributed by atoms with Crippen molar-refractivity contribution in [2.24, 2.45) is 0 Å². The van der Waals surface area contributed by atoms with E-state index in [2.05, 4.69) is 5.92 Å². The first kappa shape index (κ1) is 14.4. The van der Waals surface area contributed by atoms with Crippen molar-refractivity contribution in [3.05, 3.63) is 0 Å². The van der Waals surface area contributed by atoms with Gasteiger partial charge >= 0.3 is 5.97 Å². The molecule has 96 valence electrons. The molecule has 1 aliphatic heterocycles. The zero-order chi connectivity index (χ0) is 12.3. The highest BCUT2D eigenvalue weighted by molar-refractivity contribution is 7.99. The smallest absolute Gasteiger partial charge is 0.305 e. The summed E-state index contributed by atoms with van der Waals surface area (Å²) in [5.74, 6) is 3.85. The fraction of sp³-hybridized carbons (Fsp3) is 0.769. The molecule has 1 rings (SSSR count). The van der Waals surface area contributed by atoms with E-state index in [-0.39, 0.29) is 12.1 Å². The maximum absolute atomic E-state index is 11.4. The standard InChI is InChI=1S/C13H20O3S/c1-2-10-17-11-9-16-13(14)7-6-12-5-3-4-8-15-12/h1,12H,3-11H2/t12-/m0/s1. The van der Waals surface area contributed by atoms with E-state index >= 15 is 0 Å². The summed E-state index contributed by atoms with van der Waals surface area (Å²) in [6.45, 7) is 1.29. The van der Waals surface area contributed by atoms with Crippen molar-refractivity contribution < 1.29 is 14.3 Å². The molecule has 0 amide bonds. The summed E-state index contributed by atoms with van der Waals surface area (Å²) in [6, 6.07) is 0. The molecule has 0 aromatic carbocycles. The Morgan fingerprint density at radius 1 is 1.53 bits per heavy atom. The molecule has 0 aliphatic carbocycles. The molecule has 0 N–H and O–H groups in total. The van der Waals surface area contributed by atoms with Crippen LogP contribution in [0.3, 0.4) is 0 Å². The van der Waals surface area contributed by atoms with Crippen LogP contribution in [0.2, 0.25) is 0 Å². The van der Waals surface area contributed by atoms with Crippen LogP contribution in [0.4, 0.5) is 0 Å². The van der Waals surface area contributed by atoms with Crippen molar-refractivity contribution in [2.75, 3.05) is 24.7 Å². The number of hydrogen-bond acceptors (Lipinski definition) is 4. The van der Waals surface area contributed by atoms with E-state index in [1.165, 1.54) is 6.42 Å². The monoisotopic (exact) mass is 256 g/mol. The highest BCUT2D eigenvalue weighted by Gasteiger charge is 2.15. The normalized spacial score (nSPS) is 19.6. The molecule has 17 heavy (non-hydrogen) atoms. The van der Waals surface area contributed by atoms with E-state index in [0.717, 1.165) is 31.6 Å². The van der Waals surface area contributed by atoms with Gasteiger partial charge in [-0.2, -0.15) is 0 Å². The van der Waals surface area contributed by atoms with Crippen molar-refractivity contribution in [3.8, 4) is 12.3 Å². The lowest BCUT2D eigenvalue weighted by Gasteiger charge is -2.21. The number of hydrogen-bond donors (Lipinski definition) is 0. The number of terminal acetylenes is 1. The summed E-state index contributed by atoms with van der Waals surface area (Å²) in [7, 11) is 0. The van der Waals surface area contributed by atoms with Gasteiger partial charge in [-0.25, -0.2) is 0 Å². The molecule has 0 spiro atoms. The van der Waals surface area contributed by atoms with Gasteiger partial charge in [0.2, 0.25) is 0 Å². The van der Waals surface area contributed by atoms with Crippen LogP contribution in [0.15, 0.2) is 0 Å². The first-order valence-corrected chi connectivity index (χ1v) is 7.27. The minimum Gasteiger partial charge on any atom is -0.465 e. The fourth-order valence-corrected chi connectivity index (χ4v) is 2.19. The highest BCUT2D eigenvalue weighted by Crippen LogP contribution is 2.17. The number of ether oxygens (including phenoxy) is 2. The van der Waals surface area contributed by atoms with Gasteiger partial charge in [-0.3, -0.25) is 4.79 Å². The molecule has 1 atom stereocenters. The minimum atomic E-state index is -0.125. The summed E-state index contributed by atoms with van der Waals surface area (Å²) in [5.41, 5.74) is 0. The molecule has 0 unspecified atom stereocenters. The van der Waals surface area contributed by atoms with Gasteiger partial charge in [0.1, 0.15) is 6.61 Å². The van der Waals surface area contributed by atoms with E-state index in [1.807, 2.05) is 0 Å². The van der Waals surface area contributed by atoms with Crippen molar-refractivity contribution in [3.63, 3.8) is 0 Å². The summed E-state index contributed by atoms with van der Waals surface area (Å²) >= 11 is 1.60. The van der Waals surface area contributed by atoms with Crippen LogP contribution < -0.4 is 0 Å². The molecule has 0 bridgehead atoms. The van der Waals surface area contributed by atoms with E-state index in [4.69, 9.17) is 15.9 Å². The van der Waals surface area contributed by atoms with Gasteiger partial charge in [0.25, 0.3) is 0 Å². The number of esters is 1. The second-order valence-electron chi connectivity index (χ2n) is 4.00. The first-order chi connectivity index (χ1) is 8.33. The Hall–Kier alpha value is -0.660. The van der Waals surface area contributed by atoms with Crippen molar-refractivity contribution >= 4 is 17.7 Å². The average Bonchev–Trinajstić information content (AvgIpc) is 2.37. The topological polar surface area (TPSA) is 35.5 Å². The molecular weight excluding hydrogens is 236 g/mol. The molecule has 3 nitrogen and oxygen atoms in total. The third kappa shape index (κ3) is 7.30. The van der Waals surface area contributed by atoms with Crippen LogP contribution in [-0.4, -0.2) is 36.8 Å². The Morgan fingerprint density at radius 2 is 2.41 bits per heavy atom. The average molecular weight is 256 g/mol. The maximum Gasteiger partial charge on any atom is 0.305 e. The molecule has 0 radical (unpaired) electrons. The van der Waals surface area contributed by atoms with Gasteiger partial charge in [0.15, 0.2) is 0 Å². The molecule has 4 heteroatoms. The predicted molar refractivity (Wildman–Crippen MR) is 69.9 cm³/mol. The summed E-state index contributed by atoms with van der Waals surface area (Å²) < 4.78 is 10.6. The molecular formula is C13H20O3S. The molecule has 0 aromatic heterocycles. The minimum absolute atomic E-state index is 0.125. The van der Waals surface area contributed by atoms with E-state index < -0.39 is 0 Å². The van der Waals surface area contributed by atoms with E-state index in [1.54, 1.807) is 11.8 Å². The van der Waals surface area contributed by atoms with Crippen molar-refractivity contribution in [1.29, 1.82) is 0 Å². The zero-order valence-electron chi connectivity index (χ0n) is 10.2. The summed E-state index contributed by atoms with van der Waals surface area (Å²) in [5, 5.41) is 0. The lowest BCUT2D eigenvalue weighted by molar-refractivity contribution is -0.144. The van der Waals surface area contributed by atoms with Crippen molar-refractivity contribution in [1.82, 2.24) is 0 Å². The summed E-state index contributed by atoms with van der Waals surface area (Å²) in [6.07, 6.45) is 10.0. The highest BCUT2D eigenvalue weighted by atomic mass is 32.2. The molecule has 1 saturated heterocycles. The SMILES string of the molecule is C#CCSCCOC(=O)CC[C@@H]1CCCCO1. The Kier molecular flexibility index (Phi) is 7.94. The number of rotatable bonds is 7.